The van der Waals surface area contributed by atoms with Crippen molar-refractivity contribution in [3.63, 3.8) is 0 Å². The maximum absolute atomic E-state index is 12.9. The second-order valence-electron chi connectivity index (χ2n) is 8.29. The third-order valence-corrected chi connectivity index (χ3v) is 7.42. The number of imide groups is 1. The largest absolute Gasteiger partial charge is 0.340 e. The summed E-state index contributed by atoms with van der Waals surface area (Å²) in [6.45, 7) is 3.48. The summed E-state index contributed by atoms with van der Waals surface area (Å²) in [4.78, 5) is 32.0. The molecule has 0 bridgehead atoms. The number of carbonyl (C=O) groups is 2. The number of hydrogen-bond donors (Lipinski definition) is 0. The predicted molar refractivity (Wildman–Crippen MR) is 129 cm³/mol. The number of unbranched alkanes of at least 4 members (excludes halogenated alkanes) is 3. The second kappa shape index (κ2) is 8.83. The molecule has 0 fully saturated rings. The average Bonchev–Trinajstić information content (AvgIpc) is 3.06. The highest BCUT2D eigenvalue weighted by molar-refractivity contribution is 7.99. The van der Waals surface area contributed by atoms with Crippen molar-refractivity contribution in [1.29, 1.82) is 0 Å². The van der Waals surface area contributed by atoms with E-state index < -0.39 is 0 Å². The monoisotopic (exact) mass is 442 g/mol. The third-order valence-electron chi connectivity index (χ3n) is 6.18. The Labute approximate surface area is 193 Å². The number of hydrogen-bond acceptors (Lipinski definition) is 4. The van der Waals surface area contributed by atoms with Gasteiger partial charge >= 0.3 is 0 Å². The molecule has 3 aromatic rings. The van der Waals surface area contributed by atoms with Crippen LogP contribution in [0.2, 0.25) is 0 Å². The van der Waals surface area contributed by atoms with E-state index in [2.05, 4.69) is 42.2 Å². The van der Waals surface area contributed by atoms with E-state index in [0.29, 0.717) is 11.1 Å². The van der Waals surface area contributed by atoms with Crippen molar-refractivity contribution in [3.05, 3.63) is 83.4 Å². The first kappa shape index (κ1) is 20.8. The van der Waals surface area contributed by atoms with Gasteiger partial charge in [0.25, 0.3) is 11.8 Å². The van der Waals surface area contributed by atoms with Crippen LogP contribution in [0.5, 0.6) is 0 Å². The first-order valence-electron chi connectivity index (χ1n) is 11.3. The Hall–Kier alpha value is -3.05. The number of nitrogens with zero attached hydrogens (tertiary/aromatic N) is 2. The SMILES string of the molecule is CCCCCCN1c2ccccc2Sc2c(CN3C(=O)c4ccccc4C3=O)cccc21. The van der Waals surface area contributed by atoms with Gasteiger partial charge in [-0.2, -0.15) is 0 Å². The summed E-state index contributed by atoms with van der Waals surface area (Å²) in [6, 6.07) is 21.8. The summed E-state index contributed by atoms with van der Waals surface area (Å²) in [5.41, 5.74) is 4.41. The molecular formula is C27H26N2O2S. The molecule has 5 heteroatoms. The molecule has 0 unspecified atom stereocenters. The molecule has 0 N–H and O–H groups in total. The molecule has 0 saturated heterocycles. The van der Waals surface area contributed by atoms with E-state index in [9.17, 15) is 9.59 Å². The van der Waals surface area contributed by atoms with Gasteiger partial charge in [-0.15, -0.1) is 0 Å². The third kappa shape index (κ3) is 3.61. The lowest BCUT2D eigenvalue weighted by atomic mass is 10.1. The number of benzene rings is 3. The van der Waals surface area contributed by atoms with Crippen molar-refractivity contribution in [3.8, 4) is 0 Å². The molecule has 2 amide bonds. The van der Waals surface area contributed by atoms with Gasteiger partial charge in [0.2, 0.25) is 0 Å². The van der Waals surface area contributed by atoms with Gasteiger partial charge in [0.05, 0.1) is 29.0 Å². The van der Waals surface area contributed by atoms with Gasteiger partial charge in [-0.1, -0.05) is 74.3 Å². The number of rotatable bonds is 7. The summed E-state index contributed by atoms with van der Waals surface area (Å²) in [5.74, 6) is -0.415. The maximum atomic E-state index is 12.9. The zero-order chi connectivity index (χ0) is 22.1. The highest BCUT2D eigenvalue weighted by atomic mass is 32.2. The Kier molecular flexibility index (Phi) is 5.75. The number of amides is 2. The fraction of sp³-hybridized carbons (Fsp3) is 0.259. The van der Waals surface area contributed by atoms with Gasteiger partial charge in [-0.25, -0.2) is 0 Å². The predicted octanol–water partition coefficient (Wildman–Crippen LogP) is 6.67. The van der Waals surface area contributed by atoms with Crippen LogP contribution < -0.4 is 4.90 Å². The zero-order valence-corrected chi connectivity index (χ0v) is 19.0. The van der Waals surface area contributed by atoms with Gasteiger partial charge in [0.1, 0.15) is 0 Å². The lowest BCUT2D eigenvalue weighted by Crippen LogP contribution is -2.30. The van der Waals surface area contributed by atoms with Crippen LogP contribution in [-0.4, -0.2) is 23.3 Å². The minimum absolute atomic E-state index is 0.208. The summed E-state index contributed by atoms with van der Waals surface area (Å²) < 4.78 is 0. The molecule has 0 radical (unpaired) electrons. The second-order valence-corrected chi connectivity index (χ2v) is 9.34. The summed E-state index contributed by atoms with van der Waals surface area (Å²) in [6.07, 6.45) is 4.81. The van der Waals surface area contributed by atoms with E-state index in [0.717, 1.165) is 23.4 Å². The lowest BCUT2D eigenvalue weighted by Gasteiger charge is -2.34. The minimum Gasteiger partial charge on any atom is -0.340 e. The molecule has 3 aromatic carbocycles. The number of para-hydroxylation sites is 1. The van der Waals surface area contributed by atoms with Crippen LogP contribution >= 0.6 is 11.8 Å². The number of carbonyl (C=O) groups excluding carboxylic acids is 2. The highest BCUT2D eigenvalue weighted by Gasteiger charge is 2.36. The van der Waals surface area contributed by atoms with Gasteiger partial charge in [-0.3, -0.25) is 14.5 Å². The van der Waals surface area contributed by atoms with E-state index >= 15 is 0 Å². The molecule has 4 nitrogen and oxygen atoms in total. The topological polar surface area (TPSA) is 40.6 Å². The fourth-order valence-corrected chi connectivity index (χ4v) is 5.72. The van der Waals surface area contributed by atoms with Crippen molar-refractivity contribution in [2.24, 2.45) is 0 Å². The molecule has 32 heavy (non-hydrogen) atoms. The van der Waals surface area contributed by atoms with Gasteiger partial charge in [0.15, 0.2) is 0 Å². The van der Waals surface area contributed by atoms with E-state index in [1.807, 2.05) is 12.1 Å². The Bertz CT molecular complexity index is 1150. The van der Waals surface area contributed by atoms with Crippen molar-refractivity contribution < 1.29 is 9.59 Å². The van der Waals surface area contributed by atoms with Gasteiger partial charge < -0.3 is 4.90 Å². The van der Waals surface area contributed by atoms with E-state index in [-0.39, 0.29) is 18.4 Å². The molecule has 5 rings (SSSR count). The summed E-state index contributed by atoms with van der Waals surface area (Å²) >= 11 is 1.74. The van der Waals surface area contributed by atoms with Crippen LogP contribution in [-0.2, 0) is 6.54 Å². The normalized spacial score (nSPS) is 14.4. The van der Waals surface area contributed by atoms with Gasteiger partial charge in [0, 0.05) is 16.3 Å². The molecule has 162 valence electrons. The average molecular weight is 443 g/mol. The molecule has 2 aliphatic heterocycles. The van der Waals surface area contributed by atoms with Crippen molar-refractivity contribution in [2.75, 3.05) is 11.4 Å². The smallest absolute Gasteiger partial charge is 0.261 e. The number of fused-ring (bicyclic) bond motifs is 3. The Balaban J connectivity index is 1.47. The molecule has 0 atom stereocenters. The standard InChI is InChI=1S/C27H26N2O2S/c1-2-3-4-9-17-28-22-14-7-8-16-24(22)32-25-19(11-10-15-23(25)28)18-29-26(30)20-12-5-6-13-21(20)27(29)31/h5-8,10-16H,2-4,9,17-18H2,1H3. The quantitative estimate of drug-likeness (QED) is 0.303. The fourth-order valence-electron chi connectivity index (χ4n) is 4.52. The van der Waals surface area contributed by atoms with E-state index in [1.54, 1.807) is 36.0 Å². The van der Waals surface area contributed by atoms with Crippen LogP contribution in [0.4, 0.5) is 11.4 Å². The van der Waals surface area contributed by atoms with Crippen LogP contribution in [0, 0.1) is 0 Å². The van der Waals surface area contributed by atoms with E-state index in [1.165, 1.54) is 40.4 Å². The van der Waals surface area contributed by atoms with Crippen LogP contribution in [0.15, 0.2) is 76.5 Å². The molecule has 0 aliphatic carbocycles. The lowest BCUT2D eigenvalue weighted by molar-refractivity contribution is 0.0641. The first-order chi connectivity index (χ1) is 15.7. The highest BCUT2D eigenvalue weighted by Crippen LogP contribution is 2.49. The van der Waals surface area contributed by atoms with Crippen molar-refractivity contribution >= 4 is 35.0 Å². The Morgan fingerprint density at radius 2 is 1.41 bits per heavy atom. The zero-order valence-electron chi connectivity index (χ0n) is 18.2. The first-order valence-corrected chi connectivity index (χ1v) is 12.1. The maximum Gasteiger partial charge on any atom is 0.261 e. The molecule has 0 saturated carbocycles. The van der Waals surface area contributed by atoms with Crippen molar-refractivity contribution in [1.82, 2.24) is 4.90 Å². The molecule has 0 spiro atoms. The summed E-state index contributed by atoms with van der Waals surface area (Å²) in [5, 5.41) is 0. The van der Waals surface area contributed by atoms with E-state index in [4.69, 9.17) is 0 Å². The number of anilines is 2. The van der Waals surface area contributed by atoms with Crippen LogP contribution in [0.25, 0.3) is 0 Å². The summed E-state index contributed by atoms with van der Waals surface area (Å²) in [7, 11) is 0. The Morgan fingerprint density at radius 3 is 2.16 bits per heavy atom. The molecule has 2 aliphatic rings. The minimum atomic E-state index is -0.208. The van der Waals surface area contributed by atoms with Crippen molar-refractivity contribution in [2.45, 2.75) is 48.9 Å². The van der Waals surface area contributed by atoms with Gasteiger partial charge in [-0.05, 0) is 42.3 Å². The van der Waals surface area contributed by atoms with Crippen LogP contribution in [0.3, 0.4) is 0 Å². The Morgan fingerprint density at radius 1 is 0.719 bits per heavy atom. The van der Waals surface area contributed by atoms with Crippen LogP contribution in [0.1, 0.15) is 58.9 Å². The molecular weight excluding hydrogens is 416 g/mol. The molecule has 0 aromatic heterocycles. The molecule has 2 heterocycles.